The van der Waals surface area contributed by atoms with Crippen LogP contribution >= 0.6 is 0 Å². The highest BCUT2D eigenvalue weighted by Gasteiger charge is 2.34. The van der Waals surface area contributed by atoms with Crippen LogP contribution in [0.1, 0.15) is 37.9 Å². The Morgan fingerprint density at radius 2 is 2.20 bits per heavy atom. The molecule has 2 aliphatic rings. The smallest absolute Gasteiger partial charge is 0.280 e. The van der Waals surface area contributed by atoms with Crippen LogP contribution in [0.4, 0.5) is 5.82 Å². The number of hydrogen-bond donors (Lipinski definition) is 2. The fourth-order valence-corrected chi connectivity index (χ4v) is 3.80. The molecule has 2 N–H and O–H groups in total. The van der Waals surface area contributed by atoms with Crippen molar-refractivity contribution in [3.63, 3.8) is 0 Å². The highest BCUT2D eigenvalue weighted by Crippen LogP contribution is 2.32. The van der Waals surface area contributed by atoms with Crippen molar-refractivity contribution in [2.45, 2.75) is 39.0 Å². The molecule has 0 radical (unpaired) electrons. The van der Waals surface area contributed by atoms with Gasteiger partial charge in [0.1, 0.15) is 5.76 Å². The summed E-state index contributed by atoms with van der Waals surface area (Å²) in [4.78, 5) is 13.5. The van der Waals surface area contributed by atoms with Gasteiger partial charge in [-0.25, -0.2) is 0 Å². The quantitative estimate of drug-likeness (QED) is 0.868. The minimum atomic E-state index is 0.0440. The first-order valence-electron chi connectivity index (χ1n) is 7.77. The van der Waals surface area contributed by atoms with Gasteiger partial charge >= 0.3 is 0 Å². The average Bonchev–Trinajstić information content (AvgIpc) is 2.83. The zero-order chi connectivity index (χ0) is 13.9. The number of amides is 1. The van der Waals surface area contributed by atoms with Crippen LogP contribution in [-0.4, -0.2) is 30.7 Å². The summed E-state index contributed by atoms with van der Waals surface area (Å²) in [6.07, 6.45) is 6.83. The van der Waals surface area contributed by atoms with E-state index in [4.69, 9.17) is 4.52 Å². The first kappa shape index (κ1) is 13.6. The van der Waals surface area contributed by atoms with E-state index in [1.807, 2.05) is 6.92 Å². The highest BCUT2D eigenvalue weighted by atomic mass is 16.5. The lowest BCUT2D eigenvalue weighted by Gasteiger charge is -2.38. The molecule has 1 aliphatic heterocycles. The third kappa shape index (κ3) is 3.20. The Morgan fingerprint density at radius 1 is 1.40 bits per heavy atom. The molecule has 3 rings (SSSR count). The van der Waals surface area contributed by atoms with Crippen molar-refractivity contribution in [3.8, 4) is 0 Å². The second-order valence-corrected chi connectivity index (χ2v) is 6.35. The molecule has 0 aromatic carbocycles. The minimum Gasteiger partial charge on any atom is -0.360 e. The Labute approximate surface area is 119 Å². The summed E-state index contributed by atoms with van der Waals surface area (Å²) in [6.45, 7) is 4.67. The molecule has 2 fully saturated rings. The Kier molecular flexibility index (Phi) is 4.05. The van der Waals surface area contributed by atoms with Gasteiger partial charge in [-0.05, 0) is 32.1 Å². The Balaban J connectivity index is 1.49. The number of rotatable bonds is 3. The van der Waals surface area contributed by atoms with Crippen molar-refractivity contribution in [1.82, 2.24) is 5.16 Å². The second kappa shape index (κ2) is 5.95. The third-order valence-corrected chi connectivity index (χ3v) is 4.79. The zero-order valence-electron chi connectivity index (χ0n) is 12.2. The predicted octanol–water partition coefficient (Wildman–Crippen LogP) is 1.02. The van der Waals surface area contributed by atoms with Crippen molar-refractivity contribution < 1.29 is 14.2 Å². The van der Waals surface area contributed by atoms with Crippen LogP contribution in [0.5, 0.6) is 0 Å². The number of fused-ring (bicyclic) bond motifs is 1. The maximum absolute atomic E-state index is 12.0. The molecule has 110 valence electrons. The summed E-state index contributed by atoms with van der Waals surface area (Å²) in [5.74, 6) is 3.06. The third-order valence-electron chi connectivity index (χ3n) is 4.79. The highest BCUT2D eigenvalue weighted by molar-refractivity contribution is 5.90. The van der Waals surface area contributed by atoms with E-state index in [0.717, 1.165) is 30.7 Å². The van der Waals surface area contributed by atoms with Crippen LogP contribution in [0.25, 0.3) is 0 Å². The molecule has 2 heterocycles. The van der Waals surface area contributed by atoms with Crippen LogP contribution in [0.15, 0.2) is 10.6 Å². The molecule has 1 saturated heterocycles. The summed E-state index contributed by atoms with van der Waals surface area (Å²) in [7, 11) is 0. The number of piperidine rings is 1. The van der Waals surface area contributed by atoms with Gasteiger partial charge in [0.2, 0.25) is 0 Å². The lowest BCUT2D eigenvalue weighted by atomic mass is 9.75. The van der Waals surface area contributed by atoms with E-state index in [2.05, 4.69) is 10.5 Å². The summed E-state index contributed by atoms with van der Waals surface area (Å²) < 4.78 is 4.95. The predicted molar refractivity (Wildman–Crippen MR) is 75.5 cm³/mol. The topological polar surface area (TPSA) is 59.6 Å². The first-order valence-corrected chi connectivity index (χ1v) is 7.77. The molecule has 1 unspecified atom stereocenters. The average molecular weight is 278 g/mol. The molecule has 1 saturated carbocycles. The molecule has 1 aromatic heterocycles. The van der Waals surface area contributed by atoms with Crippen molar-refractivity contribution in [2.24, 2.45) is 11.8 Å². The molecule has 20 heavy (non-hydrogen) atoms. The van der Waals surface area contributed by atoms with Gasteiger partial charge in [0.05, 0.1) is 13.1 Å². The molecule has 0 bridgehead atoms. The van der Waals surface area contributed by atoms with E-state index in [9.17, 15) is 4.79 Å². The Hall–Kier alpha value is -1.36. The minimum absolute atomic E-state index is 0.0440. The number of likely N-dealkylation sites (tertiary alicyclic amines) is 1. The number of nitrogens with one attached hydrogen (secondary N) is 2. The van der Waals surface area contributed by atoms with Crippen LogP contribution in [0.2, 0.25) is 0 Å². The molecule has 1 aromatic rings. The second-order valence-electron chi connectivity index (χ2n) is 6.35. The van der Waals surface area contributed by atoms with E-state index in [1.54, 1.807) is 6.07 Å². The lowest BCUT2D eigenvalue weighted by molar-refractivity contribution is -0.902. The van der Waals surface area contributed by atoms with Crippen LogP contribution < -0.4 is 10.2 Å². The molecule has 0 spiro atoms. The molecule has 1 aliphatic carbocycles. The maximum atomic E-state index is 12.0. The van der Waals surface area contributed by atoms with E-state index >= 15 is 0 Å². The fraction of sp³-hybridized carbons (Fsp3) is 0.733. The molecular formula is C15H24N3O2+. The SMILES string of the molecule is Cc1cc(NC(=O)C[NH+]2CC[C@@H]3CCCC[C@@H]3C2)no1. The molecule has 3 atom stereocenters. The number of quaternary nitrogens is 1. The normalized spacial score (nSPS) is 29.8. The number of nitrogens with zero attached hydrogens (tertiary/aromatic N) is 1. The fourth-order valence-electron chi connectivity index (χ4n) is 3.80. The number of aromatic nitrogens is 1. The largest absolute Gasteiger partial charge is 0.360 e. The monoisotopic (exact) mass is 278 g/mol. The van der Waals surface area contributed by atoms with Gasteiger partial charge in [-0.1, -0.05) is 18.0 Å². The number of hydrogen-bond acceptors (Lipinski definition) is 3. The summed E-state index contributed by atoms with van der Waals surface area (Å²) in [5.41, 5.74) is 0. The molecule has 1 amide bonds. The van der Waals surface area contributed by atoms with Crippen molar-refractivity contribution >= 4 is 11.7 Å². The van der Waals surface area contributed by atoms with E-state index in [1.165, 1.54) is 37.0 Å². The maximum Gasteiger partial charge on any atom is 0.280 e. The van der Waals surface area contributed by atoms with Crippen LogP contribution in [0.3, 0.4) is 0 Å². The Morgan fingerprint density at radius 3 is 2.95 bits per heavy atom. The Bertz CT molecular complexity index is 471. The van der Waals surface area contributed by atoms with Crippen molar-refractivity contribution in [3.05, 3.63) is 11.8 Å². The van der Waals surface area contributed by atoms with Gasteiger partial charge in [-0.3, -0.25) is 4.79 Å². The van der Waals surface area contributed by atoms with Gasteiger partial charge in [-0.2, -0.15) is 0 Å². The van der Waals surface area contributed by atoms with Gasteiger partial charge in [0.25, 0.3) is 5.91 Å². The summed E-state index contributed by atoms with van der Waals surface area (Å²) in [5, 5.41) is 6.62. The van der Waals surface area contributed by atoms with E-state index in [-0.39, 0.29) is 5.91 Å². The van der Waals surface area contributed by atoms with E-state index < -0.39 is 0 Å². The number of carbonyl (C=O) groups is 1. The number of anilines is 1. The van der Waals surface area contributed by atoms with Gasteiger partial charge < -0.3 is 14.7 Å². The molecular weight excluding hydrogens is 254 g/mol. The zero-order valence-corrected chi connectivity index (χ0v) is 12.2. The van der Waals surface area contributed by atoms with Crippen molar-refractivity contribution in [2.75, 3.05) is 25.0 Å². The lowest BCUT2D eigenvalue weighted by Crippen LogP contribution is -3.15. The number of carbonyl (C=O) groups excluding carboxylic acids is 1. The van der Waals surface area contributed by atoms with Crippen LogP contribution in [0, 0.1) is 18.8 Å². The standard InChI is InChI=1S/C15H23N3O2/c1-11-8-14(17-20-11)16-15(19)10-18-7-6-12-4-2-3-5-13(12)9-18/h8,12-13H,2-7,9-10H2,1H3,(H,16,17,19)/p+1/t12-,13+/m0/s1. The van der Waals surface area contributed by atoms with Crippen LogP contribution in [-0.2, 0) is 4.79 Å². The van der Waals surface area contributed by atoms with Crippen molar-refractivity contribution in [1.29, 1.82) is 0 Å². The first-order chi connectivity index (χ1) is 9.70. The van der Waals surface area contributed by atoms with Gasteiger partial charge in [-0.15, -0.1) is 0 Å². The summed E-state index contributed by atoms with van der Waals surface area (Å²) >= 11 is 0. The summed E-state index contributed by atoms with van der Waals surface area (Å²) in [6, 6.07) is 1.75. The van der Waals surface area contributed by atoms with Gasteiger partial charge in [0.15, 0.2) is 12.4 Å². The number of aryl methyl sites for hydroxylation is 1. The molecule has 5 nitrogen and oxygen atoms in total. The van der Waals surface area contributed by atoms with E-state index in [0.29, 0.717) is 12.4 Å². The van der Waals surface area contributed by atoms with Gasteiger partial charge in [0, 0.05) is 12.0 Å². The molecule has 5 heteroatoms.